The molecule has 0 saturated carbocycles. The Bertz CT molecular complexity index is 1380. The summed E-state index contributed by atoms with van der Waals surface area (Å²) in [7, 11) is -2.22. The summed E-state index contributed by atoms with van der Waals surface area (Å²) >= 11 is 0. The zero-order valence-electron chi connectivity index (χ0n) is 16.8. The van der Waals surface area contributed by atoms with E-state index in [9.17, 15) is 13.2 Å². The Morgan fingerprint density at radius 1 is 1.17 bits per heavy atom. The standard InChI is InChI=1S/C20H21N5O4S/c1-13-16(14(2)25(23-13)19-6-4-5-10-21-19)9-11-22-30(27,28)15-7-8-18-17(12-15)24(3)20(26)29-18/h4-8,10,12,22H,9,11H2,1-3H3. The number of hydrogen-bond donors (Lipinski definition) is 1. The smallest absolute Gasteiger partial charge is 0.408 e. The van der Waals surface area contributed by atoms with Gasteiger partial charge in [-0.25, -0.2) is 27.6 Å². The predicted molar refractivity (Wildman–Crippen MR) is 111 cm³/mol. The first kappa shape index (κ1) is 20.0. The molecule has 0 fully saturated rings. The van der Waals surface area contributed by atoms with E-state index in [0.717, 1.165) is 17.0 Å². The van der Waals surface area contributed by atoms with Crippen molar-refractivity contribution in [2.24, 2.45) is 7.05 Å². The van der Waals surface area contributed by atoms with Gasteiger partial charge in [0.1, 0.15) is 0 Å². The number of nitrogens with one attached hydrogen (secondary N) is 1. The van der Waals surface area contributed by atoms with Gasteiger partial charge < -0.3 is 4.42 Å². The first-order valence-electron chi connectivity index (χ1n) is 9.33. The number of pyridine rings is 1. The number of benzene rings is 1. The Labute approximate surface area is 173 Å². The minimum Gasteiger partial charge on any atom is -0.408 e. The van der Waals surface area contributed by atoms with Crippen LogP contribution in [0.3, 0.4) is 0 Å². The number of hydrogen-bond acceptors (Lipinski definition) is 6. The molecule has 0 aliphatic carbocycles. The van der Waals surface area contributed by atoms with E-state index in [1.54, 1.807) is 10.9 Å². The van der Waals surface area contributed by atoms with Crippen LogP contribution in [-0.4, -0.2) is 34.3 Å². The molecule has 0 atom stereocenters. The van der Waals surface area contributed by atoms with Crippen molar-refractivity contribution in [2.45, 2.75) is 25.2 Å². The van der Waals surface area contributed by atoms with Crippen LogP contribution >= 0.6 is 0 Å². The quantitative estimate of drug-likeness (QED) is 0.503. The van der Waals surface area contributed by atoms with Crippen LogP contribution in [0.25, 0.3) is 16.9 Å². The van der Waals surface area contributed by atoms with Crippen LogP contribution in [0.15, 0.2) is 56.7 Å². The molecule has 0 spiro atoms. The lowest BCUT2D eigenvalue weighted by molar-refractivity contribution is 0.528. The van der Waals surface area contributed by atoms with Crippen molar-refractivity contribution in [3.63, 3.8) is 0 Å². The Balaban J connectivity index is 1.52. The van der Waals surface area contributed by atoms with Gasteiger partial charge in [-0.1, -0.05) is 6.07 Å². The monoisotopic (exact) mass is 427 g/mol. The van der Waals surface area contributed by atoms with E-state index in [4.69, 9.17) is 4.42 Å². The molecule has 1 N–H and O–H groups in total. The normalized spacial score (nSPS) is 12.0. The van der Waals surface area contributed by atoms with Gasteiger partial charge in [-0.15, -0.1) is 0 Å². The van der Waals surface area contributed by atoms with Crippen molar-refractivity contribution in [1.82, 2.24) is 24.1 Å². The Kier molecular flexibility index (Phi) is 5.04. The third-order valence-electron chi connectivity index (χ3n) is 5.05. The lowest BCUT2D eigenvalue weighted by atomic mass is 10.1. The lowest BCUT2D eigenvalue weighted by Gasteiger charge is -2.08. The molecule has 0 bridgehead atoms. The maximum absolute atomic E-state index is 12.7. The van der Waals surface area contributed by atoms with Crippen molar-refractivity contribution >= 4 is 21.1 Å². The van der Waals surface area contributed by atoms with Gasteiger partial charge in [0.2, 0.25) is 10.0 Å². The minimum absolute atomic E-state index is 0.0732. The topological polar surface area (TPSA) is 112 Å². The number of fused-ring (bicyclic) bond motifs is 1. The highest BCUT2D eigenvalue weighted by atomic mass is 32.2. The fraction of sp³-hybridized carbons (Fsp3) is 0.250. The zero-order valence-corrected chi connectivity index (χ0v) is 17.6. The number of oxazole rings is 1. The number of nitrogens with zero attached hydrogens (tertiary/aromatic N) is 4. The second-order valence-electron chi connectivity index (χ2n) is 6.95. The maximum atomic E-state index is 12.7. The summed E-state index contributed by atoms with van der Waals surface area (Å²) in [6.45, 7) is 4.04. The van der Waals surface area contributed by atoms with Crippen LogP contribution < -0.4 is 10.5 Å². The highest BCUT2D eigenvalue weighted by Gasteiger charge is 2.18. The van der Waals surface area contributed by atoms with E-state index in [-0.39, 0.29) is 11.4 Å². The van der Waals surface area contributed by atoms with Gasteiger partial charge in [-0.05, 0) is 56.2 Å². The van der Waals surface area contributed by atoms with Crippen LogP contribution in [0.5, 0.6) is 0 Å². The first-order chi connectivity index (χ1) is 14.3. The molecule has 30 heavy (non-hydrogen) atoms. The molecule has 9 nitrogen and oxygen atoms in total. The maximum Gasteiger partial charge on any atom is 0.419 e. The van der Waals surface area contributed by atoms with Gasteiger partial charge in [0.15, 0.2) is 11.4 Å². The van der Waals surface area contributed by atoms with Crippen LogP contribution in [0.2, 0.25) is 0 Å². The molecule has 4 rings (SSSR count). The second-order valence-corrected chi connectivity index (χ2v) is 8.72. The molecule has 10 heteroatoms. The van der Waals surface area contributed by atoms with E-state index in [1.807, 2.05) is 32.0 Å². The zero-order chi connectivity index (χ0) is 21.5. The Morgan fingerprint density at radius 2 is 1.97 bits per heavy atom. The van der Waals surface area contributed by atoms with Crippen molar-refractivity contribution in [3.05, 3.63) is 70.1 Å². The molecule has 0 saturated heterocycles. The van der Waals surface area contributed by atoms with Gasteiger partial charge >= 0.3 is 5.76 Å². The van der Waals surface area contributed by atoms with Crippen LogP contribution in [0.4, 0.5) is 0 Å². The summed E-state index contributed by atoms with van der Waals surface area (Å²) in [5, 5.41) is 4.53. The van der Waals surface area contributed by atoms with Gasteiger partial charge in [0, 0.05) is 25.5 Å². The molecular weight excluding hydrogens is 406 g/mol. The summed E-state index contributed by atoms with van der Waals surface area (Å²) < 4.78 is 36.1. The molecule has 156 valence electrons. The first-order valence-corrected chi connectivity index (χ1v) is 10.8. The van der Waals surface area contributed by atoms with Crippen molar-refractivity contribution in [1.29, 1.82) is 0 Å². The van der Waals surface area contributed by atoms with Crippen LogP contribution in [0.1, 0.15) is 17.0 Å². The highest BCUT2D eigenvalue weighted by Crippen LogP contribution is 2.19. The molecular formula is C20H21N5O4S. The summed E-state index contributed by atoms with van der Waals surface area (Å²) in [6, 6.07) is 9.92. The van der Waals surface area contributed by atoms with Gasteiger partial charge in [-0.2, -0.15) is 5.10 Å². The van der Waals surface area contributed by atoms with Crippen molar-refractivity contribution < 1.29 is 12.8 Å². The van der Waals surface area contributed by atoms with E-state index in [0.29, 0.717) is 23.3 Å². The average Bonchev–Trinajstić information content (AvgIpc) is 3.18. The van der Waals surface area contributed by atoms with E-state index in [1.165, 1.54) is 29.8 Å². The molecule has 3 heterocycles. The molecule has 4 aromatic rings. The van der Waals surface area contributed by atoms with Gasteiger partial charge in [0.05, 0.1) is 16.1 Å². The fourth-order valence-corrected chi connectivity index (χ4v) is 4.46. The van der Waals surface area contributed by atoms with Crippen LogP contribution in [-0.2, 0) is 23.5 Å². The van der Waals surface area contributed by atoms with Crippen molar-refractivity contribution in [2.75, 3.05) is 6.54 Å². The highest BCUT2D eigenvalue weighted by molar-refractivity contribution is 7.89. The van der Waals surface area contributed by atoms with E-state index >= 15 is 0 Å². The summed E-state index contributed by atoms with van der Waals surface area (Å²) in [5.41, 5.74) is 3.48. The molecule has 0 aliphatic heterocycles. The summed E-state index contributed by atoms with van der Waals surface area (Å²) in [6.07, 6.45) is 2.18. The van der Waals surface area contributed by atoms with Gasteiger partial charge in [0.25, 0.3) is 0 Å². The average molecular weight is 427 g/mol. The number of sulfonamides is 1. The van der Waals surface area contributed by atoms with E-state index < -0.39 is 15.8 Å². The third kappa shape index (κ3) is 3.55. The third-order valence-corrected chi connectivity index (χ3v) is 6.51. The molecule has 3 aromatic heterocycles. The minimum atomic E-state index is -3.75. The van der Waals surface area contributed by atoms with Crippen LogP contribution in [0, 0.1) is 13.8 Å². The second kappa shape index (κ2) is 7.54. The number of aryl methyl sites for hydroxylation is 2. The molecule has 0 aliphatic rings. The number of rotatable bonds is 6. The molecule has 0 amide bonds. The SMILES string of the molecule is Cc1nn(-c2ccccn2)c(C)c1CCNS(=O)(=O)c1ccc2oc(=O)n(C)c2c1. The van der Waals surface area contributed by atoms with Gasteiger partial charge in [-0.3, -0.25) is 4.57 Å². The number of aromatic nitrogens is 4. The molecule has 1 aromatic carbocycles. The summed E-state index contributed by atoms with van der Waals surface area (Å²) in [4.78, 5) is 16.0. The van der Waals surface area contributed by atoms with E-state index in [2.05, 4.69) is 14.8 Å². The summed E-state index contributed by atoms with van der Waals surface area (Å²) in [5.74, 6) is 0.173. The largest absolute Gasteiger partial charge is 0.419 e. The Hall–Kier alpha value is -3.24. The fourth-order valence-electron chi connectivity index (χ4n) is 3.41. The Morgan fingerprint density at radius 3 is 2.70 bits per heavy atom. The molecule has 0 unspecified atom stereocenters. The lowest BCUT2D eigenvalue weighted by Crippen LogP contribution is -2.26. The van der Waals surface area contributed by atoms with Crippen molar-refractivity contribution in [3.8, 4) is 5.82 Å². The predicted octanol–water partition coefficient (Wildman–Crippen LogP) is 1.85. The molecule has 0 radical (unpaired) electrons.